The molecule has 1 heterocycles. The molecular formula is C16H29N5. The summed E-state index contributed by atoms with van der Waals surface area (Å²) in [7, 11) is 6.48. The van der Waals surface area contributed by atoms with Crippen molar-refractivity contribution in [3.63, 3.8) is 0 Å². The Hall–Kier alpha value is -1.20. The number of rotatable bonds is 8. The molecule has 1 saturated carbocycles. The van der Waals surface area contributed by atoms with Crippen molar-refractivity contribution >= 4 is 5.82 Å². The van der Waals surface area contributed by atoms with Crippen molar-refractivity contribution in [3.8, 4) is 0 Å². The second-order valence-electron chi connectivity index (χ2n) is 6.39. The molecule has 5 nitrogen and oxygen atoms in total. The molecule has 0 aromatic carbocycles. The molecule has 1 aromatic heterocycles. The van der Waals surface area contributed by atoms with Gasteiger partial charge in [-0.05, 0) is 58.5 Å². The summed E-state index contributed by atoms with van der Waals surface area (Å²) >= 11 is 0. The fourth-order valence-corrected chi connectivity index (χ4v) is 2.90. The van der Waals surface area contributed by atoms with E-state index in [9.17, 15) is 0 Å². The largest absolute Gasteiger partial charge is 0.356 e. The van der Waals surface area contributed by atoms with Crippen molar-refractivity contribution in [2.75, 3.05) is 39.1 Å². The first-order valence-electron chi connectivity index (χ1n) is 7.99. The van der Waals surface area contributed by atoms with Crippen LogP contribution in [0.3, 0.4) is 0 Å². The third kappa shape index (κ3) is 3.92. The smallest absolute Gasteiger partial charge is 0.151 e. The summed E-state index contributed by atoms with van der Waals surface area (Å²) in [5.41, 5.74) is 1.32. The number of likely N-dealkylation sites (N-methyl/N-ethyl adjacent to an activating group) is 2. The summed E-state index contributed by atoms with van der Waals surface area (Å²) in [5, 5.41) is 12.0. The second-order valence-corrected chi connectivity index (χ2v) is 6.39. The number of anilines is 1. The van der Waals surface area contributed by atoms with Crippen molar-refractivity contribution in [1.29, 1.82) is 0 Å². The van der Waals surface area contributed by atoms with Crippen LogP contribution in [0, 0.1) is 0 Å². The van der Waals surface area contributed by atoms with Gasteiger partial charge in [0.2, 0.25) is 0 Å². The minimum Gasteiger partial charge on any atom is -0.356 e. The van der Waals surface area contributed by atoms with Crippen LogP contribution in [0.15, 0.2) is 12.1 Å². The van der Waals surface area contributed by atoms with E-state index in [1.807, 2.05) is 0 Å². The molecule has 1 fully saturated rings. The third-order valence-corrected chi connectivity index (χ3v) is 4.59. The Morgan fingerprint density at radius 1 is 1.19 bits per heavy atom. The lowest BCUT2D eigenvalue weighted by molar-refractivity contribution is 0.0681. The van der Waals surface area contributed by atoms with E-state index in [2.05, 4.69) is 65.5 Å². The van der Waals surface area contributed by atoms with Crippen LogP contribution in [-0.4, -0.2) is 54.9 Å². The maximum Gasteiger partial charge on any atom is 0.151 e. The van der Waals surface area contributed by atoms with E-state index in [1.165, 1.54) is 19.3 Å². The first-order valence-corrected chi connectivity index (χ1v) is 7.99. The van der Waals surface area contributed by atoms with Gasteiger partial charge < -0.3 is 15.1 Å². The van der Waals surface area contributed by atoms with E-state index in [1.54, 1.807) is 0 Å². The van der Waals surface area contributed by atoms with E-state index < -0.39 is 0 Å². The lowest BCUT2D eigenvalue weighted by Crippen LogP contribution is -2.56. The van der Waals surface area contributed by atoms with Crippen molar-refractivity contribution in [2.45, 2.75) is 44.7 Å². The van der Waals surface area contributed by atoms with Gasteiger partial charge in [0.05, 0.1) is 5.69 Å². The highest BCUT2D eigenvalue weighted by Gasteiger charge is 2.40. The lowest BCUT2D eigenvalue weighted by atomic mass is 9.75. The minimum absolute atomic E-state index is 0.317. The molecule has 21 heavy (non-hydrogen) atoms. The third-order valence-electron chi connectivity index (χ3n) is 4.59. The molecule has 0 atom stereocenters. The Labute approximate surface area is 128 Å². The second kappa shape index (κ2) is 7.18. The van der Waals surface area contributed by atoms with Gasteiger partial charge in [0, 0.05) is 25.7 Å². The Balaban J connectivity index is 1.92. The highest BCUT2D eigenvalue weighted by atomic mass is 15.3. The molecule has 1 aliphatic rings. The lowest BCUT2D eigenvalue weighted by Gasteiger charge is -2.49. The van der Waals surface area contributed by atoms with Crippen molar-refractivity contribution in [2.24, 2.45) is 0 Å². The Bertz CT molecular complexity index is 425. The van der Waals surface area contributed by atoms with Crippen LogP contribution in [0.1, 0.15) is 38.3 Å². The summed E-state index contributed by atoms with van der Waals surface area (Å²) in [6, 6.07) is 4.16. The summed E-state index contributed by atoms with van der Waals surface area (Å²) in [6.45, 7) is 5.00. The monoisotopic (exact) mass is 291 g/mol. The van der Waals surface area contributed by atoms with Gasteiger partial charge in [-0.25, -0.2) is 0 Å². The molecular weight excluding hydrogens is 262 g/mol. The molecule has 0 aliphatic heterocycles. The van der Waals surface area contributed by atoms with Crippen LogP contribution in [0.25, 0.3) is 0 Å². The molecule has 0 unspecified atom stereocenters. The SMILES string of the molecule is CCCNCc1ccc(N(C)CC2(N(C)C)CCC2)nn1. The first-order chi connectivity index (χ1) is 10.1. The Morgan fingerprint density at radius 2 is 1.95 bits per heavy atom. The van der Waals surface area contributed by atoms with Gasteiger partial charge in [0.15, 0.2) is 5.82 Å². The van der Waals surface area contributed by atoms with Crippen molar-refractivity contribution < 1.29 is 0 Å². The van der Waals surface area contributed by atoms with Gasteiger partial charge >= 0.3 is 0 Å². The van der Waals surface area contributed by atoms with Crippen LogP contribution >= 0.6 is 0 Å². The van der Waals surface area contributed by atoms with Gasteiger partial charge in [-0.15, -0.1) is 5.10 Å². The number of hydrogen-bond acceptors (Lipinski definition) is 5. The number of nitrogens with one attached hydrogen (secondary N) is 1. The summed E-state index contributed by atoms with van der Waals surface area (Å²) in [6.07, 6.45) is 5.02. The molecule has 0 bridgehead atoms. The highest BCUT2D eigenvalue weighted by molar-refractivity contribution is 5.37. The fraction of sp³-hybridized carbons (Fsp3) is 0.750. The molecule has 118 valence electrons. The molecule has 0 amide bonds. The summed E-state index contributed by atoms with van der Waals surface area (Å²) in [4.78, 5) is 4.60. The summed E-state index contributed by atoms with van der Waals surface area (Å²) in [5.74, 6) is 0.961. The first kappa shape index (κ1) is 16.2. The average Bonchev–Trinajstić information content (AvgIpc) is 2.43. The van der Waals surface area contributed by atoms with Crippen LogP contribution in [0.5, 0.6) is 0 Å². The highest BCUT2D eigenvalue weighted by Crippen LogP contribution is 2.37. The van der Waals surface area contributed by atoms with E-state index in [-0.39, 0.29) is 0 Å². The zero-order valence-electron chi connectivity index (χ0n) is 13.9. The topological polar surface area (TPSA) is 44.3 Å². The molecule has 0 spiro atoms. The molecule has 5 heteroatoms. The summed E-state index contributed by atoms with van der Waals surface area (Å²) < 4.78 is 0. The van der Waals surface area contributed by atoms with E-state index in [0.29, 0.717) is 5.54 Å². The molecule has 1 aromatic rings. The van der Waals surface area contributed by atoms with Gasteiger partial charge in [0.1, 0.15) is 0 Å². The van der Waals surface area contributed by atoms with Crippen LogP contribution < -0.4 is 10.2 Å². The van der Waals surface area contributed by atoms with Gasteiger partial charge in [-0.3, -0.25) is 0 Å². The molecule has 0 saturated heterocycles. The quantitative estimate of drug-likeness (QED) is 0.741. The van der Waals surface area contributed by atoms with Crippen LogP contribution in [0.2, 0.25) is 0 Å². The predicted molar refractivity (Wildman–Crippen MR) is 87.6 cm³/mol. The van der Waals surface area contributed by atoms with Gasteiger partial charge in [-0.1, -0.05) is 6.92 Å². The number of aromatic nitrogens is 2. The van der Waals surface area contributed by atoms with E-state index in [0.717, 1.165) is 37.6 Å². The zero-order chi connectivity index (χ0) is 15.3. The molecule has 0 radical (unpaired) electrons. The van der Waals surface area contributed by atoms with Crippen molar-refractivity contribution in [1.82, 2.24) is 20.4 Å². The average molecular weight is 291 g/mol. The number of hydrogen-bond donors (Lipinski definition) is 1. The zero-order valence-corrected chi connectivity index (χ0v) is 13.9. The maximum atomic E-state index is 4.38. The van der Waals surface area contributed by atoms with Gasteiger partial charge in [0.25, 0.3) is 0 Å². The Kier molecular flexibility index (Phi) is 5.53. The van der Waals surface area contributed by atoms with E-state index >= 15 is 0 Å². The molecule has 1 N–H and O–H groups in total. The van der Waals surface area contributed by atoms with Crippen LogP contribution in [-0.2, 0) is 6.54 Å². The number of nitrogens with zero attached hydrogens (tertiary/aromatic N) is 4. The molecule has 2 rings (SSSR count). The predicted octanol–water partition coefficient (Wildman–Crippen LogP) is 1.90. The standard InChI is InChI=1S/C16H29N5/c1-5-11-17-12-14-7-8-15(19-18-14)21(4)13-16(20(2)3)9-6-10-16/h7-8,17H,5-6,9-13H2,1-4H3. The minimum atomic E-state index is 0.317. The normalized spacial score (nSPS) is 16.8. The Morgan fingerprint density at radius 3 is 2.43 bits per heavy atom. The van der Waals surface area contributed by atoms with Gasteiger partial charge in [-0.2, -0.15) is 5.10 Å². The van der Waals surface area contributed by atoms with Crippen LogP contribution in [0.4, 0.5) is 5.82 Å². The maximum absolute atomic E-state index is 4.38. The van der Waals surface area contributed by atoms with Crippen molar-refractivity contribution in [3.05, 3.63) is 17.8 Å². The van der Waals surface area contributed by atoms with E-state index in [4.69, 9.17) is 0 Å². The molecule has 1 aliphatic carbocycles. The fourth-order valence-electron chi connectivity index (χ4n) is 2.90.